The molecule has 1 unspecified atom stereocenters. The lowest BCUT2D eigenvalue weighted by Crippen LogP contribution is -2.15. The van der Waals surface area contributed by atoms with Gasteiger partial charge in [-0.2, -0.15) is 0 Å². The third-order valence-corrected chi connectivity index (χ3v) is 5.30. The van der Waals surface area contributed by atoms with Crippen molar-refractivity contribution in [1.82, 2.24) is 0 Å². The molecule has 4 rings (SSSR count). The van der Waals surface area contributed by atoms with Gasteiger partial charge in [0.15, 0.2) is 0 Å². The molecule has 3 nitrogen and oxygen atoms in total. The minimum Gasteiger partial charge on any atom is -0.497 e. The van der Waals surface area contributed by atoms with Crippen molar-refractivity contribution in [3.8, 4) is 5.75 Å². The molecule has 0 saturated carbocycles. The van der Waals surface area contributed by atoms with Gasteiger partial charge in [0.1, 0.15) is 11.9 Å². The van der Waals surface area contributed by atoms with Crippen LogP contribution < -0.4 is 4.74 Å². The SMILES string of the molecule is COc1ccc(C2=Nc3ccccc3C2OCc2cccc(C(C)(C)C)c2)cc1. The van der Waals surface area contributed by atoms with Crippen LogP contribution in [0.3, 0.4) is 0 Å². The molecule has 29 heavy (non-hydrogen) atoms. The van der Waals surface area contributed by atoms with Gasteiger partial charge in [-0.25, -0.2) is 4.99 Å². The zero-order valence-electron chi connectivity index (χ0n) is 17.5. The van der Waals surface area contributed by atoms with Crippen LogP contribution in [0.2, 0.25) is 0 Å². The number of fused-ring (bicyclic) bond motifs is 1. The first-order valence-corrected chi connectivity index (χ1v) is 9.98. The summed E-state index contributed by atoms with van der Waals surface area (Å²) in [5.74, 6) is 0.835. The summed E-state index contributed by atoms with van der Waals surface area (Å²) in [5, 5.41) is 0. The molecule has 148 valence electrons. The van der Waals surface area contributed by atoms with Crippen LogP contribution in [0.1, 0.15) is 49.1 Å². The standard InChI is InChI=1S/C26H27NO2/c1-26(2,3)20-9-7-8-18(16-20)17-29-25-22-10-5-6-11-23(22)27-24(25)19-12-14-21(28-4)15-13-19/h5-16,25H,17H2,1-4H3. The normalized spacial score (nSPS) is 15.7. The number of hydrogen-bond donors (Lipinski definition) is 0. The van der Waals surface area contributed by atoms with Gasteiger partial charge in [-0.05, 0) is 52.4 Å². The van der Waals surface area contributed by atoms with Gasteiger partial charge in [0, 0.05) is 5.56 Å². The van der Waals surface area contributed by atoms with Gasteiger partial charge in [0.25, 0.3) is 0 Å². The highest BCUT2D eigenvalue weighted by Gasteiger charge is 2.29. The summed E-state index contributed by atoms with van der Waals surface area (Å²) in [5.41, 5.74) is 6.70. The molecule has 3 aromatic rings. The van der Waals surface area contributed by atoms with Crippen LogP contribution in [0.4, 0.5) is 5.69 Å². The predicted molar refractivity (Wildman–Crippen MR) is 118 cm³/mol. The Bertz CT molecular complexity index is 1030. The second kappa shape index (κ2) is 7.84. The number of aliphatic imine (C=N–C) groups is 1. The van der Waals surface area contributed by atoms with Gasteiger partial charge >= 0.3 is 0 Å². The summed E-state index contributed by atoms with van der Waals surface area (Å²) < 4.78 is 11.7. The summed E-state index contributed by atoms with van der Waals surface area (Å²) in [6.07, 6.45) is -0.183. The lowest BCUT2D eigenvalue weighted by Gasteiger charge is -2.21. The average Bonchev–Trinajstić information content (AvgIpc) is 3.10. The van der Waals surface area contributed by atoms with Gasteiger partial charge in [0.05, 0.1) is 25.1 Å². The number of methoxy groups -OCH3 is 1. The largest absolute Gasteiger partial charge is 0.497 e. The molecule has 1 aliphatic heterocycles. The van der Waals surface area contributed by atoms with Crippen molar-refractivity contribution in [2.24, 2.45) is 4.99 Å². The van der Waals surface area contributed by atoms with Gasteiger partial charge < -0.3 is 9.47 Å². The lowest BCUT2D eigenvalue weighted by atomic mass is 9.86. The Labute approximate surface area is 173 Å². The third-order valence-electron chi connectivity index (χ3n) is 5.30. The van der Waals surface area contributed by atoms with Crippen LogP contribution in [0.15, 0.2) is 77.8 Å². The van der Waals surface area contributed by atoms with E-state index >= 15 is 0 Å². The number of benzene rings is 3. The summed E-state index contributed by atoms with van der Waals surface area (Å²) in [7, 11) is 1.68. The molecule has 0 fully saturated rings. The summed E-state index contributed by atoms with van der Waals surface area (Å²) >= 11 is 0. The van der Waals surface area contributed by atoms with Crippen molar-refractivity contribution >= 4 is 11.4 Å². The molecule has 0 N–H and O–H groups in total. The van der Waals surface area contributed by atoms with Crippen LogP contribution in [-0.2, 0) is 16.8 Å². The van der Waals surface area contributed by atoms with Crippen molar-refractivity contribution in [2.75, 3.05) is 7.11 Å². The fraction of sp³-hybridized carbons (Fsp3) is 0.269. The van der Waals surface area contributed by atoms with Gasteiger partial charge in [-0.15, -0.1) is 0 Å². The lowest BCUT2D eigenvalue weighted by molar-refractivity contribution is 0.0870. The Morgan fingerprint density at radius 3 is 2.38 bits per heavy atom. The molecular weight excluding hydrogens is 358 g/mol. The summed E-state index contributed by atoms with van der Waals surface area (Å²) in [6.45, 7) is 7.23. The molecule has 3 heteroatoms. The number of nitrogens with zero attached hydrogens (tertiary/aromatic N) is 1. The van der Waals surface area contributed by atoms with Crippen molar-refractivity contribution in [3.05, 3.63) is 95.1 Å². The molecule has 0 saturated heterocycles. The number of para-hydroxylation sites is 1. The molecule has 3 aromatic carbocycles. The van der Waals surface area contributed by atoms with E-state index < -0.39 is 0 Å². The van der Waals surface area contributed by atoms with Crippen molar-refractivity contribution in [3.63, 3.8) is 0 Å². The van der Waals surface area contributed by atoms with Crippen molar-refractivity contribution < 1.29 is 9.47 Å². The molecule has 0 spiro atoms. The van der Waals surface area contributed by atoms with Crippen molar-refractivity contribution in [1.29, 1.82) is 0 Å². The molecule has 0 bridgehead atoms. The van der Waals surface area contributed by atoms with Gasteiger partial charge in [0.2, 0.25) is 0 Å². The Kier molecular flexibility index (Phi) is 5.25. The minimum atomic E-state index is -0.183. The maximum atomic E-state index is 6.44. The number of hydrogen-bond acceptors (Lipinski definition) is 3. The molecule has 1 atom stereocenters. The van der Waals surface area contributed by atoms with Crippen molar-refractivity contribution in [2.45, 2.75) is 38.9 Å². The van der Waals surface area contributed by atoms with E-state index in [1.807, 2.05) is 42.5 Å². The zero-order chi connectivity index (χ0) is 20.4. The van der Waals surface area contributed by atoms with Gasteiger partial charge in [-0.1, -0.05) is 63.2 Å². The molecular formula is C26H27NO2. The smallest absolute Gasteiger partial charge is 0.128 e. The van der Waals surface area contributed by atoms with Crippen LogP contribution in [0.25, 0.3) is 0 Å². The van der Waals surface area contributed by atoms with Crippen LogP contribution in [-0.4, -0.2) is 12.8 Å². The molecule has 0 aliphatic carbocycles. The molecule has 1 heterocycles. The monoisotopic (exact) mass is 385 g/mol. The van der Waals surface area contributed by atoms with E-state index in [-0.39, 0.29) is 11.5 Å². The van der Waals surface area contributed by atoms with E-state index in [1.54, 1.807) is 7.11 Å². The highest BCUT2D eigenvalue weighted by Crippen LogP contribution is 2.39. The molecule has 1 aliphatic rings. The Morgan fingerprint density at radius 1 is 0.897 bits per heavy atom. The van der Waals surface area contributed by atoms with E-state index in [0.717, 1.165) is 28.3 Å². The Hall–Kier alpha value is -2.91. The van der Waals surface area contributed by atoms with Gasteiger partial charge in [-0.3, -0.25) is 0 Å². The fourth-order valence-electron chi connectivity index (χ4n) is 3.60. The van der Waals surface area contributed by atoms with E-state index in [1.165, 1.54) is 11.1 Å². The second-order valence-electron chi connectivity index (χ2n) is 8.43. The summed E-state index contributed by atoms with van der Waals surface area (Å²) in [6, 6.07) is 24.9. The number of ether oxygens (including phenoxy) is 2. The Morgan fingerprint density at radius 2 is 1.66 bits per heavy atom. The van der Waals surface area contributed by atoms with E-state index in [4.69, 9.17) is 14.5 Å². The summed E-state index contributed by atoms with van der Waals surface area (Å²) in [4.78, 5) is 4.88. The minimum absolute atomic E-state index is 0.117. The van der Waals surface area contributed by atoms with E-state index in [2.05, 4.69) is 51.1 Å². The highest BCUT2D eigenvalue weighted by molar-refractivity contribution is 6.09. The number of rotatable bonds is 5. The predicted octanol–water partition coefficient (Wildman–Crippen LogP) is 6.39. The molecule has 0 amide bonds. The maximum Gasteiger partial charge on any atom is 0.128 e. The first kappa shape index (κ1) is 19.4. The zero-order valence-corrected chi connectivity index (χ0v) is 17.5. The average molecular weight is 386 g/mol. The van der Waals surface area contributed by atoms with Crippen LogP contribution in [0.5, 0.6) is 5.75 Å². The van der Waals surface area contributed by atoms with Crippen LogP contribution in [0, 0.1) is 0 Å². The highest BCUT2D eigenvalue weighted by atomic mass is 16.5. The first-order valence-electron chi connectivity index (χ1n) is 9.98. The second-order valence-corrected chi connectivity index (χ2v) is 8.43. The first-order chi connectivity index (χ1) is 14.0. The quantitative estimate of drug-likeness (QED) is 0.510. The Balaban J connectivity index is 1.61. The molecule has 0 aromatic heterocycles. The maximum absolute atomic E-state index is 6.44. The topological polar surface area (TPSA) is 30.8 Å². The van der Waals surface area contributed by atoms with E-state index in [9.17, 15) is 0 Å². The van der Waals surface area contributed by atoms with Crippen LogP contribution >= 0.6 is 0 Å². The third kappa shape index (κ3) is 4.10. The fourth-order valence-corrected chi connectivity index (χ4v) is 3.60. The molecule has 0 radical (unpaired) electrons. The van der Waals surface area contributed by atoms with E-state index in [0.29, 0.717) is 6.61 Å².